The van der Waals surface area contributed by atoms with Gasteiger partial charge in [0.1, 0.15) is 0 Å². The average Bonchev–Trinajstić information content (AvgIpc) is 3.16. The number of carbonyl (C=O) groups is 3. The van der Waals surface area contributed by atoms with E-state index < -0.39 is 17.9 Å². The van der Waals surface area contributed by atoms with Crippen LogP contribution in [0, 0.1) is 11.8 Å². The largest absolute Gasteiger partial charge is 0.359 e. The quantitative estimate of drug-likeness (QED) is 0.734. The maximum Gasteiger partial charge on any atom is 0.240 e. The van der Waals surface area contributed by atoms with E-state index >= 15 is 0 Å². The summed E-state index contributed by atoms with van der Waals surface area (Å²) < 4.78 is 0. The van der Waals surface area contributed by atoms with Gasteiger partial charge in [-0.15, -0.1) is 0 Å². The number of hydrogen-bond donors (Lipinski definition) is 0. The molecule has 6 heteroatoms. The third-order valence-electron chi connectivity index (χ3n) is 5.97. The lowest BCUT2D eigenvalue weighted by atomic mass is 9.84. The van der Waals surface area contributed by atoms with Gasteiger partial charge in [-0.2, -0.15) is 0 Å². The van der Waals surface area contributed by atoms with Crippen LogP contribution in [0.2, 0.25) is 5.02 Å². The second-order valence-electron chi connectivity index (χ2n) is 7.41. The van der Waals surface area contributed by atoms with Crippen molar-refractivity contribution < 1.29 is 14.4 Å². The van der Waals surface area contributed by atoms with Gasteiger partial charge in [0.2, 0.25) is 11.8 Å². The number of halogens is 1. The SMILES string of the molecule is CC(=O)[C@@H]1[C@@H]2C(=O)N(c3ccccc3Cl)C(=O)[C@@H]2[C@H]2c3ccccc3C=CN12. The van der Waals surface area contributed by atoms with E-state index in [4.69, 9.17) is 11.6 Å². The summed E-state index contributed by atoms with van der Waals surface area (Å²) in [5.74, 6) is -2.12. The molecular weight excluding hydrogens is 376 g/mol. The number of imide groups is 1. The molecule has 2 fully saturated rings. The van der Waals surface area contributed by atoms with Crippen LogP contribution in [-0.2, 0) is 14.4 Å². The Hall–Kier alpha value is -2.92. The molecule has 2 amide bonds. The van der Waals surface area contributed by atoms with Crippen LogP contribution in [0.5, 0.6) is 0 Å². The van der Waals surface area contributed by atoms with Crippen molar-refractivity contribution in [2.24, 2.45) is 11.8 Å². The summed E-state index contributed by atoms with van der Waals surface area (Å²) in [5.41, 5.74) is 2.34. The number of benzene rings is 2. The summed E-state index contributed by atoms with van der Waals surface area (Å²) in [4.78, 5) is 42.4. The van der Waals surface area contributed by atoms with Crippen molar-refractivity contribution in [2.75, 3.05) is 4.90 Å². The van der Waals surface area contributed by atoms with E-state index in [1.54, 1.807) is 24.3 Å². The monoisotopic (exact) mass is 392 g/mol. The molecule has 0 N–H and O–H groups in total. The zero-order chi connectivity index (χ0) is 19.6. The zero-order valence-electron chi connectivity index (χ0n) is 15.1. The Morgan fingerprint density at radius 1 is 0.964 bits per heavy atom. The molecule has 3 heterocycles. The minimum absolute atomic E-state index is 0.122. The van der Waals surface area contributed by atoms with Crippen LogP contribution in [0.3, 0.4) is 0 Å². The molecule has 4 atom stereocenters. The van der Waals surface area contributed by atoms with Gasteiger partial charge in [-0.05, 0) is 36.3 Å². The molecule has 2 aromatic carbocycles. The summed E-state index contributed by atoms with van der Waals surface area (Å²) >= 11 is 6.27. The van der Waals surface area contributed by atoms with Crippen molar-refractivity contribution in [1.29, 1.82) is 0 Å². The van der Waals surface area contributed by atoms with Crippen LogP contribution in [0.15, 0.2) is 54.7 Å². The Balaban J connectivity index is 1.67. The van der Waals surface area contributed by atoms with Gasteiger partial charge in [0, 0.05) is 6.20 Å². The third-order valence-corrected chi connectivity index (χ3v) is 6.29. The third kappa shape index (κ3) is 2.17. The van der Waals surface area contributed by atoms with Crippen LogP contribution >= 0.6 is 11.6 Å². The Labute approximate surface area is 167 Å². The maximum absolute atomic E-state index is 13.5. The highest BCUT2D eigenvalue weighted by molar-refractivity contribution is 6.36. The molecule has 0 aromatic heterocycles. The molecule has 28 heavy (non-hydrogen) atoms. The number of anilines is 1. The molecule has 3 aliphatic heterocycles. The van der Waals surface area contributed by atoms with Crippen LogP contribution in [0.4, 0.5) is 5.69 Å². The number of amides is 2. The zero-order valence-corrected chi connectivity index (χ0v) is 15.8. The molecule has 0 bridgehead atoms. The van der Waals surface area contributed by atoms with E-state index in [-0.39, 0.29) is 23.6 Å². The van der Waals surface area contributed by atoms with Crippen LogP contribution in [-0.4, -0.2) is 28.5 Å². The fourth-order valence-electron chi connectivity index (χ4n) is 4.89. The van der Waals surface area contributed by atoms with E-state index in [0.717, 1.165) is 11.1 Å². The van der Waals surface area contributed by atoms with Crippen molar-refractivity contribution in [3.63, 3.8) is 0 Å². The summed E-state index contributed by atoms with van der Waals surface area (Å²) in [7, 11) is 0. The smallest absolute Gasteiger partial charge is 0.240 e. The number of Topliss-reactive ketones (excluding diaryl/α,β-unsaturated/α-hetero) is 1. The second kappa shape index (κ2) is 6.04. The normalized spacial score (nSPS) is 27.6. The number of rotatable bonds is 2. The molecule has 140 valence electrons. The summed E-state index contributed by atoms with van der Waals surface area (Å²) in [6, 6.07) is 13.6. The number of nitrogens with zero attached hydrogens (tertiary/aromatic N) is 2. The van der Waals surface area contributed by atoms with E-state index in [0.29, 0.717) is 10.7 Å². The van der Waals surface area contributed by atoms with Crippen molar-refractivity contribution in [3.05, 3.63) is 70.9 Å². The van der Waals surface area contributed by atoms with Gasteiger partial charge < -0.3 is 4.90 Å². The fraction of sp³-hybridized carbons (Fsp3) is 0.227. The molecule has 2 aromatic rings. The number of ketones is 1. The standard InChI is InChI=1S/C22H17ClN2O3/c1-12(26)19-17-18(20-14-7-3-2-6-13(14)10-11-24(19)20)22(28)25(21(17)27)16-9-5-4-8-15(16)23/h2-11,17-20H,1H3/t17-,18+,19-,20-/m1/s1. The van der Waals surface area contributed by atoms with Gasteiger partial charge in [-0.25, -0.2) is 4.90 Å². The minimum atomic E-state index is -0.720. The van der Waals surface area contributed by atoms with Gasteiger partial charge >= 0.3 is 0 Å². The lowest BCUT2D eigenvalue weighted by Crippen LogP contribution is -2.43. The Kier molecular flexibility index (Phi) is 3.71. The predicted molar refractivity (Wildman–Crippen MR) is 105 cm³/mol. The molecular formula is C22H17ClN2O3. The summed E-state index contributed by atoms with van der Waals surface area (Å²) in [6.07, 6.45) is 3.78. The Bertz CT molecular complexity index is 1060. The van der Waals surface area contributed by atoms with Gasteiger partial charge in [0.05, 0.1) is 34.6 Å². The molecule has 0 aliphatic carbocycles. The highest BCUT2D eigenvalue weighted by atomic mass is 35.5. The first-order valence-electron chi connectivity index (χ1n) is 9.18. The molecule has 0 radical (unpaired) electrons. The summed E-state index contributed by atoms with van der Waals surface area (Å²) in [5, 5.41) is 0.337. The van der Waals surface area contributed by atoms with E-state index in [1.165, 1.54) is 11.8 Å². The van der Waals surface area contributed by atoms with Gasteiger partial charge in [0.25, 0.3) is 0 Å². The Morgan fingerprint density at radius 2 is 1.64 bits per heavy atom. The highest BCUT2D eigenvalue weighted by Crippen LogP contribution is 2.53. The van der Waals surface area contributed by atoms with Crippen molar-refractivity contribution >= 4 is 41.0 Å². The van der Waals surface area contributed by atoms with Crippen molar-refractivity contribution in [2.45, 2.75) is 19.0 Å². The topological polar surface area (TPSA) is 57.7 Å². The first-order chi connectivity index (χ1) is 13.5. The number of fused-ring (bicyclic) bond motifs is 5. The van der Waals surface area contributed by atoms with E-state index in [2.05, 4.69) is 0 Å². The molecule has 0 unspecified atom stereocenters. The molecule has 3 aliphatic rings. The molecule has 0 saturated carbocycles. The van der Waals surface area contributed by atoms with Crippen LogP contribution in [0.25, 0.3) is 6.08 Å². The lowest BCUT2D eigenvalue weighted by Gasteiger charge is -2.35. The van der Waals surface area contributed by atoms with Crippen molar-refractivity contribution in [1.82, 2.24) is 4.90 Å². The molecule has 2 saturated heterocycles. The van der Waals surface area contributed by atoms with Gasteiger partial charge in [-0.1, -0.05) is 48.0 Å². The highest BCUT2D eigenvalue weighted by Gasteiger charge is 2.64. The lowest BCUT2D eigenvalue weighted by molar-refractivity contribution is -0.129. The first kappa shape index (κ1) is 17.2. The predicted octanol–water partition coefficient (Wildman–Crippen LogP) is 3.44. The van der Waals surface area contributed by atoms with Gasteiger partial charge in [0.15, 0.2) is 5.78 Å². The molecule has 5 nitrogen and oxygen atoms in total. The van der Waals surface area contributed by atoms with Crippen LogP contribution in [0.1, 0.15) is 24.1 Å². The Morgan fingerprint density at radius 3 is 2.39 bits per heavy atom. The van der Waals surface area contributed by atoms with Crippen molar-refractivity contribution in [3.8, 4) is 0 Å². The van der Waals surface area contributed by atoms with E-state index in [9.17, 15) is 14.4 Å². The molecule has 0 spiro atoms. The maximum atomic E-state index is 13.5. The second-order valence-corrected chi connectivity index (χ2v) is 7.81. The minimum Gasteiger partial charge on any atom is -0.359 e. The van der Waals surface area contributed by atoms with Gasteiger partial charge in [-0.3, -0.25) is 14.4 Å². The number of para-hydroxylation sites is 1. The average molecular weight is 393 g/mol. The summed E-state index contributed by atoms with van der Waals surface area (Å²) in [6.45, 7) is 1.48. The first-order valence-corrected chi connectivity index (χ1v) is 9.56. The molecule has 5 rings (SSSR count). The number of carbonyl (C=O) groups excluding carboxylic acids is 3. The fourth-order valence-corrected chi connectivity index (χ4v) is 5.11. The number of hydrogen-bond acceptors (Lipinski definition) is 4. The van der Waals surface area contributed by atoms with E-state index in [1.807, 2.05) is 41.4 Å². The van der Waals surface area contributed by atoms with Crippen LogP contribution < -0.4 is 4.90 Å².